The maximum absolute atomic E-state index is 13.4. The maximum atomic E-state index is 13.4. The smallest absolute Gasteiger partial charge is 0.126 e. The Balaban J connectivity index is 2.78. The van der Waals surface area contributed by atoms with Crippen molar-refractivity contribution in [1.82, 2.24) is 5.32 Å². The molecular formula is C13H20FN. The van der Waals surface area contributed by atoms with Gasteiger partial charge in [-0.2, -0.15) is 0 Å². The molecule has 0 bridgehead atoms. The van der Waals surface area contributed by atoms with Crippen molar-refractivity contribution in [3.63, 3.8) is 0 Å². The molecule has 0 spiro atoms. The summed E-state index contributed by atoms with van der Waals surface area (Å²) in [6.07, 6.45) is 0. The summed E-state index contributed by atoms with van der Waals surface area (Å²) in [5.41, 5.74) is 1.95. The van der Waals surface area contributed by atoms with Gasteiger partial charge in [0.05, 0.1) is 0 Å². The SMILES string of the molecule is CC(C)NCc1ccc(F)c(C(C)C)c1. The van der Waals surface area contributed by atoms with Crippen LogP contribution in [0.3, 0.4) is 0 Å². The molecule has 0 saturated heterocycles. The Hall–Kier alpha value is -0.890. The molecule has 0 unspecified atom stereocenters. The fourth-order valence-electron chi connectivity index (χ4n) is 1.47. The van der Waals surface area contributed by atoms with Gasteiger partial charge in [0.1, 0.15) is 5.82 Å². The van der Waals surface area contributed by atoms with Gasteiger partial charge in [0.15, 0.2) is 0 Å². The molecule has 0 aromatic heterocycles. The van der Waals surface area contributed by atoms with Gasteiger partial charge in [-0.25, -0.2) is 4.39 Å². The first-order valence-corrected chi connectivity index (χ1v) is 5.52. The van der Waals surface area contributed by atoms with Gasteiger partial charge in [-0.3, -0.25) is 0 Å². The van der Waals surface area contributed by atoms with Gasteiger partial charge in [-0.15, -0.1) is 0 Å². The van der Waals surface area contributed by atoms with E-state index in [4.69, 9.17) is 0 Å². The van der Waals surface area contributed by atoms with Crippen LogP contribution in [0, 0.1) is 5.82 Å². The fraction of sp³-hybridized carbons (Fsp3) is 0.538. The van der Waals surface area contributed by atoms with Gasteiger partial charge in [-0.1, -0.05) is 39.8 Å². The molecule has 0 saturated carbocycles. The highest BCUT2D eigenvalue weighted by Crippen LogP contribution is 2.19. The van der Waals surface area contributed by atoms with Crippen molar-refractivity contribution in [2.75, 3.05) is 0 Å². The normalized spacial score (nSPS) is 11.4. The molecule has 0 fully saturated rings. The molecule has 1 aromatic carbocycles. The molecule has 0 amide bonds. The van der Waals surface area contributed by atoms with Crippen LogP contribution in [0.1, 0.15) is 44.7 Å². The van der Waals surface area contributed by atoms with Crippen molar-refractivity contribution in [3.05, 3.63) is 35.1 Å². The van der Waals surface area contributed by atoms with Gasteiger partial charge in [0.2, 0.25) is 0 Å². The monoisotopic (exact) mass is 209 g/mol. The molecular weight excluding hydrogens is 189 g/mol. The standard InChI is InChI=1S/C13H20FN/c1-9(2)12-7-11(5-6-13(12)14)8-15-10(3)4/h5-7,9-10,15H,8H2,1-4H3. The first-order valence-electron chi connectivity index (χ1n) is 5.52. The molecule has 1 N–H and O–H groups in total. The minimum absolute atomic E-state index is 0.0988. The second kappa shape index (κ2) is 5.26. The average Bonchev–Trinajstić information content (AvgIpc) is 2.16. The summed E-state index contributed by atoms with van der Waals surface area (Å²) in [7, 11) is 0. The van der Waals surface area contributed by atoms with Gasteiger partial charge in [0.25, 0.3) is 0 Å². The van der Waals surface area contributed by atoms with Crippen molar-refractivity contribution >= 4 is 0 Å². The third kappa shape index (κ3) is 3.63. The quantitative estimate of drug-likeness (QED) is 0.801. The van der Waals surface area contributed by atoms with Crippen molar-refractivity contribution in [2.24, 2.45) is 0 Å². The number of rotatable bonds is 4. The van der Waals surface area contributed by atoms with Crippen LogP contribution in [0.4, 0.5) is 4.39 Å². The number of halogens is 1. The minimum atomic E-state index is -0.0988. The van der Waals surface area contributed by atoms with Crippen LogP contribution >= 0.6 is 0 Å². The second-order valence-electron chi connectivity index (χ2n) is 4.55. The average molecular weight is 209 g/mol. The summed E-state index contributed by atoms with van der Waals surface area (Å²) >= 11 is 0. The van der Waals surface area contributed by atoms with E-state index < -0.39 is 0 Å². The lowest BCUT2D eigenvalue weighted by Gasteiger charge is -2.12. The molecule has 0 aliphatic rings. The van der Waals surface area contributed by atoms with Crippen LogP contribution in [0.15, 0.2) is 18.2 Å². The van der Waals surface area contributed by atoms with E-state index >= 15 is 0 Å². The Morgan fingerprint density at radius 3 is 2.40 bits per heavy atom. The molecule has 1 rings (SSSR count). The summed E-state index contributed by atoms with van der Waals surface area (Å²) in [6, 6.07) is 5.82. The molecule has 0 atom stereocenters. The molecule has 0 aliphatic carbocycles. The summed E-state index contributed by atoms with van der Waals surface area (Å²) in [6.45, 7) is 9.04. The lowest BCUT2D eigenvalue weighted by Crippen LogP contribution is -2.21. The summed E-state index contributed by atoms with van der Waals surface area (Å²) < 4.78 is 13.4. The van der Waals surface area contributed by atoms with E-state index in [-0.39, 0.29) is 11.7 Å². The Kier molecular flexibility index (Phi) is 4.28. The highest BCUT2D eigenvalue weighted by molar-refractivity contribution is 5.27. The predicted molar refractivity (Wildman–Crippen MR) is 62.5 cm³/mol. The highest BCUT2D eigenvalue weighted by atomic mass is 19.1. The Morgan fingerprint density at radius 1 is 1.20 bits per heavy atom. The van der Waals surface area contributed by atoms with Crippen LogP contribution in [0.2, 0.25) is 0 Å². The van der Waals surface area contributed by atoms with Crippen molar-refractivity contribution in [3.8, 4) is 0 Å². The number of hydrogen-bond donors (Lipinski definition) is 1. The number of benzene rings is 1. The zero-order valence-electron chi connectivity index (χ0n) is 9.97. The second-order valence-corrected chi connectivity index (χ2v) is 4.55. The molecule has 15 heavy (non-hydrogen) atoms. The molecule has 0 aliphatic heterocycles. The molecule has 0 heterocycles. The van der Waals surface area contributed by atoms with Gasteiger partial charge < -0.3 is 5.32 Å². The van der Waals surface area contributed by atoms with E-state index in [1.807, 2.05) is 26.0 Å². The molecule has 84 valence electrons. The molecule has 0 radical (unpaired) electrons. The van der Waals surface area contributed by atoms with Crippen molar-refractivity contribution in [1.29, 1.82) is 0 Å². The first-order chi connectivity index (χ1) is 7.00. The topological polar surface area (TPSA) is 12.0 Å². The largest absolute Gasteiger partial charge is 0.310 e. The third-order valence-corrected chi connectivity index (χ3v) is 2.40. The molecule has 1 nitrogen and oxygen atoms in total. The lowest BCUT2D eigenvalue weighted by atomic mass is 10.00. The van der Waals surface area contributed by atoms with Crippen LogP contribution < -0.4 is 5.32 Å². The van der Waals surface area contributed by atoms with Gasteiger partial charge >= 0.3 is 0 Å². The molecule has 2 heteroatoms. The van der Waals surface area contributed by atoms with E-state index in [2.05, 4.69) is 19.2 Å². The highest BCUT2D eigenvalue weighted by Gasteiger charge is 2.07. The predicted octanol–water partition coefficient (Wildman–Crippen LogP) is 3.45. The summed E-state index contributed by atoms with van der Waals surface area (Å²) in [5.74, 6) is 0.141. The minimum Gasteiger partial charge on any atom is -0.310 e. The van der Waals surface area contributed by atoms with Gasteiger partial charge in [-0.05, 0) is 23.1 Å². The van der Waals surface area contributed by atoms with E-state index in [1.165, 1.54) is 0 Å². The summed E-state index contributed by atoms with van der Waals surface area (Å²) in [5, 5.41) is 3.32. The Labute approximate surface area is 91.7 Å². The lowest BCUT2D eigenvalue weighted by molar-refractivity contribution is 0.579. The van der Waals surface area contributed by atoms with Crippen LogP contribution in [0.5, 0.6) is 0 Å². The van der Waals surface area contributed by atoms with Crippen LogP contribution in [0.25, 0.3) is 0 Å². The van der Waals surface area contributed by atoms with E-state index in [1.54, 1.807) is 6.07 Å². The zero-order chi connectivity index (χ0) is 11.4. The number of hydrogen-bond acceptors (Lipinski definition) is 1. The van der Waals surface area contributed by atoms with E-state index in [0.717, 1.165) is 17.7 Å². The zero-order valence-corrected chi connectivity index (χ0v) is 9.97. The van der Waals surface area contributed by atoms with E-state index in [9.17, 15) is 4.39 Å². The Bertz CT molecular complexity index is 318. The van der Waals surface area contributed by atoms with E-state index in [0.29, 0.717) is 6.04 Å². The first kappa shape index (κ1) is 12.2. The Morgan fingerprint density at radius 2 is 1.87 bits per heavy atom. The van der Waals surface area contributed by atoms with Crippen LogP contribution in [-0.4, -0.2) is 6.04 Å². The fourth-order valence-corrected chi connectivity index (χ4v) is 1.47. The van der Waals surface area contributed by atoms with Gasteiger partial charge in [0, 0.05) is 12.6 Å². The molecule has 1 aromatic rings. The maximum Gasteiger partial charge on any atom is 0.126 e. The number of nitrogens with one attached hydrogen (secondary N) is 1. The third-order valence-electron chi connectivity index (χ3n) is 2.40. The van der Waals surface area contributed by atoms with Crippen LogP contribution in [-0.2, 0) is 6.54 Å². The van der Waals surface area contributed by atoms with Crippen molar-refractivity contribution < 1.29 is 4.39 Å². The summed E-state index contributed by atoms with van der Waals surface area (Å²) in [4.78, 5) is 0. The van der Waals surface area contributed by atoms with Crippen molar-refractivity contribution in [2.45, 2.75) is 46.2 Å².